The van der Waals surface area contributed by atoms with Gasteiger partial charge in [0.1, 0.15) is 0 Å². The molecule has 528 valence electrons. The van der Waals surface area contributed by atoms with E-state index in [4.69, 9.17) is 0 Å². The van der Waals surface area contributed by atoms with Crippen LogP contribution >= 0.6 is 0 Å². The maximum absolute atomic E-state index is 2.96. The van der Waals surface area contributed by atoms with Gasteiger partial charge in [-0.2, -0.15) is 0 Å². The molecule has 0 amide bonds. The summed E-state index contributed by atoms with van der Waals surface area (Å²) in [7, 11) is 0. The van der Waals surface area contributed by atoms with Crippen LogP contribution < -0.4 is 57.3 Å². The van der Waals surface area contributed by atoms with Crippen LogP contribution in [-0.4, -0.2) is 25.5 Å². The Labute approximate surface area is 656 Å². The van der Waals surface area contributed by atoms with Crippen molar-refractivity contribution in [3.05, 3.63) is 382 Å². The summed E-state index contributed by atoms with van der Waals surface area (Å²) < 4.78 is 0. The molecule has 16 aromatic rings. The van der Waals surface area contributed by atoms with Crippen molar-refractivity contribution in [2.75, 3.05) is 24.5 Å². The molecule has 6 heterocycles. The highest BCUT2D eigenvalue weighted by Gasteiger charge is 2.52. The van der Waals surface area contributed by atoms with Gasteiger partial charge in [-0.25, -0.2) is 0 Å². The van der Waals surface area contributed by atoms with Crippen molar-refractivity contribution in [1.82, 2.24) is 0 Å². The van der Waals surface area contributed by atoms with Crippen molar-refractivity contribution >= 4 is 120 Å². The summed E-state index contributed by atoms with van der Waals surface area (Å²) in [4.78, 5) is 13.8. The Bertz CT molecular complexity index is 6160. The molecule has 7 heteroatoms. The highest BCUT2D eigenvalue weighted by Crippen LogP contribution is 2.59. The minimum atomic E-state index is -0.238. The summed E-state index contributed by atoms with van der Waals surface area (Å²) >= 11 is 0. The normalized spacial score (nSPS) is 17.0. The van der Waals surface area contributed by atoms with E-state index in [1.807, 2.05) is 0 Å². The van der Waals surface area contributed by atoms with Crippen LogP contribution in [0.4, 0.5) is 73.9 Å². The van der Waals surface area contributed by atoms with Crippen LogP contribution in [-0.2, 0) is 0 Å². The number of hydrogen-bond acceptors (Lipinski definition) is 5. The largest absolute Gasteiger partial charge is 0.365 e. The first-order chi connectivity index (χ1) is 55.6. The van der Waals surface area contributed by atoms with Gasteiger partial charge in [0, 0.05) is 102 Å². The number of para-hydroxylation sites is 6. The summed E-state index contributed by atoms with van der Waals surface area (Å²) in [6.45, 7) is -0.469. The van der Waals surface area contributed by atoms with E-state index < -0.39 is 0 Å². The molecule has 0 spiro atoms. The van der Waals surface area contributed by atoms with E-state index >= 15 is 0 Å². The van der Waals surface area contributed by atoms with Crippen molar-refractivity contribution in [3.63, 3.8) is 0 Å². The Morgan fingerprint density at radius 1 is 0.196 bits per heavy atom. The highest BCUT2D eigenvalue weighted by molar-refractivity contribution is 7.03. The molecule has 8 aliphatic rings. The number of piperidine rings is 2. The molecule has 4 bridgehead atoms. The lowest BCUT2D eigenvalue weighted by molar-refractivity contribution is 0.0900. The van der Waals surface area contributed by atoms with Gasteiger partial charge in [0.2, 0.25) is 0 Å². The predicted octanol–water partition coefficient (Wildman–Crippen LogP) is 23.3. The zero-order valence-corrected chi connectivity index (χ0v) is 62.1. The van der Waals surface area contributed by atoms with E-state index in [0.29, 0.717) is 12.1 Å². The third kappa shape index (κ3) is 10.2. The van der Waals surface area contributed by atoms with Crippen LogP contribution in [0.3, 0.4) is 0 Å². The van der Waals surface area contributed by atoms with E-state index in [-0.39, 0.29) is 13.4 Å². The Balaban J connectivity index is 0.871. The van der Waals surface area contributed by atoms with Crippen LogP contribution in [0, 0.1) is 11.8 Å². The van der Waals surface area contributed by atoms with Gasteiger partial charge >= 0.3 is 0 Å². The lowest BCUT2D eigenvalue weighted by Crippen LogP contribution is -2.65. The molecule has 5 nitrogen and oxygen atoms in total. The highest BCUT2D eigenvalue weighted by atomic mass is 15.3. The Morgan fingerprint density at radius 3 is 0.857 bits per heavy atom. The summed E-state index contributed by atoms with van der Waals surface area (Å²) in [5, 5.41) is 0. The van der Waals surface area contributed by atoms with Crippen molar-refractivity contribution in [2.24, 2.45) is 11.8 Å². The molecule has 0 radical (unpaired) electrons. The molecule has 0 atom stereocenters. The van der Waals surface area contributed by atoms with Gasteiger partial charge in [0.05, 0.1) is 17.1 Å². The van der Waals surface area contributed by atoms with Crippen molar-refractivity contribution in [1.29, 1.82) is 0 Å². The van der Waals surface area contributed by atoms with Gasteiger partial charge in [-0.3, -0.25) is 0 Å². The summed E-state index contributed by atoms with van der Waals surface area (Å²) in [6.07, 6.45) is 6.31. The molecular formula is C105H77B2N5. The molecule has 6 aliphatic heterocycles. The third-order valence-corrected chi connectivity index (χ3v) is 25.6. The minimum Gasteiger partial charge on any atom is -0.365 e. The second-order valence-corrected chi connectivity index (χ2v) is 31.7. The molecule has 2 saturated heterocycles. The molecule has 0 N–H and O–H groups in total. The average molecular weight is 1430 g/mol. The fraction of sp³-hybridized carbons (Fsp3) is 0.0857. The maximum Gasteiger partial charge on any atom is 0.252 e. The average Bonchev–Trinajstić information content (AvgIpc) is 0.658. The van der Waals surface area contributed by atoms with Crippen LogP contribution in [0.5, 0.6) is 0 Å². The van der Waals surface area contributed by atoms with E-state index in [1.54, 1.807) is 0 Å². The smallest absolute Gasteiger partial charge is 0.252 e. The first-order valence-corrected chi connectivity index (χ1v) is 40.1. The van der Waals surface area contributed by atoms with Gasteiger partial charge in [-0.15, -0.1) is 0 Å². The minimum absolute atomic E-state index is 0.231. The summed E-state index contributed by atoms with van der Waals surface area (Å²) in [6, 6.07) is 146. The lowest BCUT2D eigenvalue weighted by atomic mass is 9.30. The Hall–Kier alpha value is -13.4. The van der Waals surface area contributed by atoms with Gasteiger partial charge in [-0.05, 0) is 176 Å². The number of nitrogens with zero attached hydrogens (tertiary/aromatic N) is 5. The van der Waals surface area contributed by atoms with Crippen molar-refractivity contribution < 1.29 is 0 Å². The summed E-state index contributed by atoms with van der Waals surface area (Å²) in [5.41, 5.74) is 39.2. The summed E-state index contributed by atoms with van der Waals surface area (Å²) in [5.74, 6) is 1.53. The number of fused-ring (bicyclic) bond motifs is 8. The predicted molar refractivity (Wildman–Crippen MR) is 473 cm³/mol. The lowest BCUT2D eigenvalue weighted by Gasteiger charge is -2.58. The number of anilines is 13. The second kappa shape index (κ2) is 26.2. The van der Waals surface area contributed by atoms with Crippen LogP contribution in [0.1, 0.15) is 32.1 Å². The maximum atomic E-state index is 2.96. The third-order valence-electron chi connectivity index (χ3n) is 25.6. The topological polar surface area (TPSA) is 16.2 Å². The fourth-order valence-corrected chi connectivity index (χ4v) is 21.3. The molecule has 0 aromatic heterocycles. The first-order valence-electron chi connectivity index (χ1n) is 40.1. The quantitative estimate of drug-likeness (QED) is 0.113. The molecule has 112 heavy (non-hydrogen) atoms. The van der Waals surface area contributed by atoms with Crippen molar-refractivity contribution in [2.45, 2.75) is 44.2 Å². The number of rotatable bonds is 12. The first kappa shape index (κ1) is 64.6. The molecule has 16 aromatic carbocycles. The van der Waals surface area contributed by atoms with Gasteiger partial charge in [0.15, 0.2) is 0 Å². The standard InChI is InChI=1S/C105H77B2N5/c1-9-32-71(33-10-1)78-63-97-101-98(64-78)110(103-83(72-34-11-2-12-35-72)48-29-49-84(103)73-36-13-3-14-37-73)93-56-27-25-54-89(93)106(101)91-67-92-96(68-95(91)109(97)79-46-23-8-24-47-79)112(105-87(76-42-19-6-20-43-76)52-31-53-88(105)77-44-21-7-22-45-77)100-66-82(108-80-59-69-58-70(61-80)62-81(108)60-69)65-99-102(100)107(92)90-55-26-28-57-94(90)111(99)104-85(74-38-15-4-16-39-74)50-30-51-86(104)75-40-17-5-18-41-75/h1-57,63-70,80-81H,58-62H2. The SMILES string of the molecule is c1ccc(-c2cc3c4c(c2)N(c2c(-c5ccccc5)cccc2-c2ccccc2)c2ccccc2B4c2cc4c(cc2N3c2ccccc2)N(c2c(-c3ccccc3)cccc2-c2ccccc2)c2cc(N3C5CC6CC(C5)CC3C6)cc3c2B4c2ccccc2N3c2c(-c3ccccc3)cccc2-c2ccccc2)cc1. The Kier molecular flexibility index (Phi) is 15.1. The molecule has 4 fully saturated rings. The van der Waals surface area contributed by atoms with Gasteiger partial charge in [-0.1, -0.05) is 328 Å². The van der Waals surface area contributed by atoms with Crippen molar-refractivity contribution in [3.8, 4) is 77.9 Å². The fourth-order valence-electron chi connectivity index (χ4n) is 21.3. The van der Waals surface area contributed by atoms with E-state index in [0.717, 1.165) is 102 Å². The number of benzene rings is 16. The van der Waals surface area contributed by atoms with E-state index in [2.05, 4.69) is 407 Å². The number of hydrogen-bond donors (Lipinski definition) is 0. The monoisotopic (exact) mass is 1430 g/mol. The zero-order valence-electron chi connectivity index (χ0n) is 62.1. The molecule has 2 saturated carbocycles. The molecule has 0 unspecified atom stereocenters. The van der Waals surface area contributed by atoms with Crippen LogP contribution in [0.25, 0.3) is 77.9 Å². The van der Waals surface area contributed by atoms with Gasteiger partial charge < -0.3 is 24.5 Å². The second-order valence-electron chi connectivity index (χ2n) is 31.7. The molecule has 24 rings (SSSR count). The van der Waals surface area contributed by atoms with Gasteiger partial charge in [0.25, 0.3) is 13.4 Å². The van der Waals surface area contributed by atoms with Crippen LogP contribution in [0.2, 0.25) is 0 Å². The van der Waals surface area contributed by atoms with Crippen LogP contribution in [0.15, 0.2) is 382 Å². The van der Waals surface area contributed by atoms with E-state index in [9.17, 15) is 0 Å². The zero-order chi connectivity index (χ0) is 73.5. The van der Waals surface area contributed by atoms with E-state index in [1.165, 1.54) is 127 Å². The molecular weight excluding hydrogens is 1350 g/mol. The molecule has 2 aliphatic carbocycles. The Morgan fingerprint density at radius 2 is 0.491 bits per heavy atom.